The van der Waals surface area contributed by atoms with Crippen molar-refractivity contribution in [3.05, 3.63) is 76.0 Å². The number of rotatable bonds is 6. The Bertz CT molecular complexity index is 1330. The molecule has 0 fully saturated rings. The molecule has 2 aromatic carbocycles. The SMILES string of the molecule is CC(c1c[nH]c(=O)c2c(F)c(F)ccc12)N(C(=O)NCCS(N)(=O)=O)c1ccc(F)cc1. The maximum atomic E-state index is 14.3. The molecule has 0 saturated carbocycles. The number of halogens is 3. The first kappa shape index (κ1) is 23.3. The Morgan fingerprint density at radius 1 is 1.16 bits per heavy atom. The molecule has 1 unspecified atom stereocenters. The van der Waals surface area contributed by atoms with Crippen LogP contribution in [0.2, 0.25) is 0 Å². The van der Waals surface area contributed by atoms with Gasteiger partial charge in [0.2, 0.25) is 10.0 Å². The molecule has 0 spiro atoms. The zero-order chi connectivity index (χ0) is 23.6. The number of H-pyrrole nitrogens is 1. The van der Waals surface area contributed by atoms with Gasteiger partial charge < -0.3 is 10.3 Å². The number of amides is 2. The Morgan fingerprint density at radius 3 is 2.44 bits per heavy atom. The van der Waals surface area contributed by atoms with Crippen molar-refractivity contribution in [2.75, 3.05) is 17.2 Å². The number of carbonyl (C=O) groups is 1. The van der Waals surface area contributed by atoms with E-state index in [1.165, 1.54) is 24.4 Å². The van der Waals surface area contributed by atoms with E-state index in [-0.39, 0.29) is 23.2 Å². The van der Waals surface area contributed by atoms with Gasteiger partial charge in [-0.25, -0.2) is 31.5 Å². The van der Waals surface area contributed by atoms with E-state index in [1.54, 1.807) is 6.92 Å². The summed E-state index contributed by atoms with van der Waals surface area (Å²) in [5.74, 6) is -3.60. The van der Waals surface area contributed by atoms with Crippen LogP contribution in [0.25, 0.3) is 10.8 Å². The molecule has 3 rings (SSSR count). The zero-order valence-electron chi connectivity index (χ0n) is 16.7. The number of aromatic nitrogens is 1. The molecule has 4 N–H and O–H groups in total. The van der Waals surface area contributed by atoms with Gasteiger partial charge in [-0.2, -0.15) is 0 Å². The molecule has 32 heavy (non-hydrogen) atoms. The van der Waals surface area contributed by atoms with Gasteiger partial charge in [-0.1, -0.05) is 6.07 Å². The highest BCUT2D eigenvalue weighted by atomic mass is 32.2. The maximum absolute atomic E-state index is 14.3. The van der Waals surface area contributed by atoms with Gasteiger partial charge >= 0.3 is 6.03 Å². The van der Waals surface area contributed by atoms with E-state index in [0.717, 1.165) is 23.1 Å². The number of nitrogens with one attached hydrogen (secondary N) is 2. The molecule has 8 nitrogen and oxygen atoms in total. The first-order valence-electron chi connectivity index (χ1n) is 9.32. The third-order valence-corrected chi connectivity index (χ3v) is 5.59. The third kappa shape index (κ3) is 4.92. The highest BCUT2D eigenvalue weighted by molar-refractivity contribution is 7.89. The largest absolute Gasteiger partial charge is 0.337 e. The minimum Gasteiger partial charge on any atom is -0.337 e. The first-order chi connectivity index (χ1) is 15.0. The van der Waals surface area contributed by atoms with Gasteiger partial charge in [0.1, 0.15) is 5.82 Å². The fraction of sp³-hybridized carbons (Fsp3) is 0.200. The summed E-state index contributed by atoms with van der Waals surface area (Å²) in [4.78, 5) is 28.5. The van der Waals surface area contributed by atoms with Crippen LogP contribution in [0, 0.1) is 17.5 Å². The van der Waals surface area contributed by atoms with Gasteiger partial charge in [0.15, 0.2) is 11.6 Å². The number of anilines is 1. The van der Waals surface area contributed by atoms with Crippen molar-refractivity contribution in [2.24, 2.45) is 5.14 Å². The minimum atomic E-state index is -3.83. The van der Waals surface area contributed by atoms with E-state index in [1.807, 2.05) is 0 Å². The fourth-order valence-corrected chi connectivity index (χ4v) is 3.68. The number of aromatic amines is 1. The van der Waals surface area contributed by atoms with Crippen LogP contribution in [0.4, 0.5) is 23.7 Å². The van der Waals surface area contributed by atoms with E-state index < -0.39 is 56.2 Å². The Balaban J connectivity index is 2.08. The van der Waals surface area contributed by atoms with Crippen LogP contribution in [0.3, 0.4) is 0 Å². The molecule has 170 valence electrons. The van der Waals surface area contributed by atoms with Gasteiger partial charge in [0, 0.05) is 18.4 Å². The highest BCUT2D eigenvalue weighted by Crippen LogP contribution is 2.31. The number of fused-ring (bicyclic) bond motifs is 1. The average Bonchev–Trinajstić information content (AvgIpc) is 2.71. The molecule has 0 bridgehead atoms. The van der Waals surface area contributed by atoms with Gasteiger partial charge in [0.05, 0.1) is 17.2 Å². The van der Waals surface area contributed by atoms with Crippen molar-refractivity contribution in [3.63, 3.8) is 0 Å². The van der Waals surface area contributed by atoms with E-state index in [0.29, 0.717) is 0 Å². The number of pyridine rings is 1. The second-order valence-electron chi connectivity index (χ2n) is 6.98. The van der Waals surface area contributed by atoms with Crippen LogP contribution >= 0.6 is 0 Å². The summed E-state index contributed by atoms with van der Waals surface area (Å²) >= 11 is 0. The van der Waals surface area contributed by atoms with Crippen LogP contribution in [0.15, 0.2) is 47.4 Å². The molecule has 0 aliphatic heterocycles. The number of carbonyl (C=O) groups excluding carboxylic acids is 1. The predicted molar refractivity (Wildman–Crippen MR) is 113 cm³/mol. The van der Waals surface area contributed by atoms with Crippen molar-refractivity contribution in [2.45, 2.75) is 13.0 Å². The first-order valence-corrected chi connectivity index (χ1v) is 11.0. The highest BCUT2D eigenvalue weighted by Gasteiger charge is 2.26. The lowest BCUT2D eigenvalue weighted by molar-refractivity contribution is 0.245. The number of hydrogen-bond donors (Lipinski definition) is 3. The van der Waals surface area contributed by atoms with Crippen molar-refractivity contribution >= 4 is 32.5 Å². The van der Waals surface area contributed by atoms with Crippen LogP contribution in [-0.4, -0.2) is 31.7 Å². The quantitative estimate of drug-likeness (QED) is 0.514. The normalized spacial score (nSPS) is 12.5. The molecule has 2 amide bonds. The Labute approximate surface area is 180 Å². The number of primary sulfonamides is 1. The molecule has 1 heterocycles. The molecule has 1 atom stereocenters. The lowest BCUT2D eigenvalue weighted by Gasteiger charge is -2.30. The lowest BCUT2D eigenvalue weighted by Crippen LogP contribution is -2.43. The number of nitrogens with two attached hydrogens (primary N) is 1. The smallest absolute Gasteiger partial charge is 0.322 e. The van der Waals surface area contributed by atoms with Gasteiger partial charge in [0.25, 0.3) is 5.56 Å². The van der Waals surface area contributed by atoms with E-state index in [2.05, 4.69) is 10.3 Å². The molecule has 0 saturated heterocycles. The summed E-state index contributed by atoms with van der Waals surface area (Å²) in [7, 11) is -3.83. The summed E-state index contributed by atoms with van der Waals surface area (Å²) in [5, 5.41) is 6.92. The summed E-state index contributed by atoms with van der Waals surface area (Å²) in [5.41, 5.74) is -0.350. The Hall–Kier alpha value is -3.38. The van der Waals surface area contributed by atoms with Crippen molar-refractivity contribution < 1.29 is 26.4 Å². The number of benzene rings is 2. The van der Waals surface area contributed by atoms with Crippen molar-refractivity contribution in [1.82, 2.24) is 10.3 Å². The summed E-state index contributed by atoms with van der Waals surface area (Å²) in [6, 6.07) is 5.32. The Kier molecular flexibility index (Phi) is 6.55. The summed E-state index contributed by atoms with van der Waals surface area (Å²) < 4.78 is 63.7. The van der Waals surface area contributed by atoms with Crippen LogP contribution in [0.1, 0.15) is 18.5 Å². The molecule has 1 aromatic heterocycles. The Morgan fingerprint density at radius 2 is 1.81 bits per heavy atom. The third-order valence-electron chi connectivity index (χ3n) is 4.82. The number of sulfonamides is 1. The molecule has 3 aromatic rings. The molecule has 12 heteroatoms. The lowest BCUT2D eigenvalue weighted by atomic mass is 10.0. The minimum absolute atomic E-state index is 0.0737. The zero-order valence-corrected chi connectivity index (χ0v) is 17.5. The van der Waals surface area contributed by atoms with E-state index in [9.17, 15) is 31.2 Å². The monoisotopic (exact) mass is 468 g/mol. The molecule has 0 aliphatic rings. The van der Waals surface area contributed by atoms with Gasteiger partial charge in [-0.15, -0.1) is 0 Å². The fourth-order valence-electron chi connectivity index (χ4n) is 3.29. The maximum Gasteiger partial charge on any atom is 0.322 e. The molecule has 0 radical (unpaired) electrons. The summed E-state index contributed by atoms with van der Waals surface area (Å²) in [6.45, 7) is 1.26. The van der Waals surface area contributed by atoms with Crippen LogP contribution in [-0.2, 0) is 10.0 Å². The van der Waals surface area contributed by atoms with E-state index in [4.69, 9.17) is 5.14 Å². The van der Waals surface area contributed by atoms with Crippen molar-refractivity contribution in [3.8, 4) is 0 Å². The number of nitrogens with zero attached hydrogens (tertiary/aromatic N) is 1. The second-order valence-corrected chi connectivity index (χ2v) is 8.71. The predicted octanol–water partition coefficient (Wildman–Crippen LogP) is 2.51. The number of hydrogen-bond acceptors (Lipinski definition) is 4. The average molecular weight is 468 g/mol. The standard InChI is InChI=1S/C20H19F3N4O4S/c1-11(15-10-26-19(28)17-14(15)6-7-16(22)18(17)23)27(13-4-2-12(21)3-5-13)20(29)25-8-9-32(24,30)31/h2-7,10-11H,8-9H2,1H3,(H,25,29)(H,26,28)(H2,24,30,31). The van der Waals surface area contributed by atoms with Gasteiger partial charge in [-0.3, -0.25) is 9.69 Å². The molecule has 0 aliphatic carbocycles. The van der Waals surface area contributed by atoms with E-state index >= 15 is 0 Å². The molecular formula is C20H19F3N4O4S. The van der Waals surface area contributed by atoms with Crippen molar-refractivity contribution in [1.29, 1.82) is 0 Å². The summed E-state index contributed by atoms with van der Waals surface area (Å²) in [6.07, 6.45) is 1.26. The van der Waals surface area contributed by atoms with Gasteiger partial charge in [-0.05, 0) is 48.2 Å². The second kappa shape index (κ2) is 9.01. The molecular weight excluding hydrogens is 449 g/mol. The van der Waals surface area contributed by atoms with Crippen LogP contribution < -0.4 is 20.9 Å². The topological polar surface area (TPSA) is 125 Å². The number of urea groups is 1. The van der Waals surface area contributed by atoms with Crippen LogP contribution in [0.5, 0.6) is 0 Å².